The Morgan fingerprint density at radius 1 is 1.13 bits per heavy atom. The quantitative estimate of drug-likeness (QED) is 0.796. The molecule has 80 valence electrons. The van der Waals surface area contributed by atoms with Crippen molar-refractivity contribution < 1.29 is 19.8 Å². The number of carboxylic acid groups (broad SMARTS) is 2. The molecule has 1 aromatic carbocycles. The van der Waals surface area contributed by atoms with Gasteiger partial charge in [-0.15, -0.1) is 0 Å². The van der Waals surface area contributed by atoms with E-state index in [4.69, 9.17) is 10.2 Å². The molecule has 0 saturated heterocycles. The molecule has 0 aliphatic heterocycles. The van der Waals surface area contributed by atoms with Crippen LogP contribution < -0.4 is 0 Å². The standard InChI is InChI=1S/C11H12O4/c1-3-7-8(10(12)13)4-6(2)5-9(7)11(14)15/h4-5H,3H2,1-2H3,(H,12,13)(H,14,15). The Balaban J connectivity index is 3.52. The lowest BCUT2D eigenvalue weighted by molar-refractivity contribution is 0.0695. The molecule has 4 nitrogen and oxygen atoms in total. The summed E-state index contributed by atoms with van der Waals surface area (Å²) in [6.07, 6.45) is 0.392. The predicted octanol–water partition coefficient (Wildman–Crippen LogP) is 1.95. The zero-order chi connectivity index (χ0) is 11.6. The molecule has 0 spiro atoms. The molecule has 0 unspecified atom stereocenters. The van der Waals surface area contributed by atoms with Crippen molar-refractivity contribution in [2.24, 2.45) is 0 Å². The second-order valence-electron chi connectivity index (χ2n) is 3.30. The monoisotopic (exact) mass is 208 g/mol. The van der Waals surface area contributed by atoms with Gasteiger partial charge in [-0.2, -0.15) is 0 Å². The van der Waals surface area contributed by atoms with Gasteiger partial charge in [0, 0.05) is 0 Å². The Morgan fingerprint density at radius 2 is 1.53 bits per heavy atom. The van der Waals surface area contributed by atoms with Crippen molar-refractivity contribution in [2.45, 2.75) is 20.3 Å². The molecule has 2 N–H and O–H groups in total. The molecular formula is C11H12O4. The summed E-state index contributed by atoms with van der Waals surface area (Å²) in [7, 11) is 0. The Labute approximate surface area is 87.2 Å². The van der Waals surface area contributed by atoms with E-state index in [9.17, 15) is 9.59 Å². The Bertz CT molecular complexity index is 386. The van der Waals surface area contributed by atoms with Crippen LogP contribution in [0.4, 0.5) is 0 Å². The van der Waals surface area contributed by atoms with E-state index in [1.165, 1.54) is 12.1 Å². The first-order valence-corrected chi connectivity index (χ1v) is 4.57. The van der Waals surface area contributed by atoms with Gasteiger partial charge in [-0.1, -0.05) is 6.92 Å². The number of carboxylic acids is 2. The maximum absolute atomic E-state index is 10.9. The van der Waals surface area contributed by atoms with Crippen LogP contribution in [-0.2, 0) is 6.42 Å². The fourth-order valence-corrected chi connectivity index (χ4v) is 1.58. The van der Waals surface area contributed by atoms with Crippen LogP contribution in [-0.4, -0.2) is 22.2 Å². The lowest BCUT2D eigenvalue weighted by Crippen LogP contribution is -2.10. The molecule has 1 aromatic rings. The number of hydrogen-bond acceptors (Lipinski definition) is 2. The normalized spacial score (nSPS) is 10.0. The van der Waals surface area contributed by atoms with Crippen molar-refractivity contribution in [2.75, 3.05) is 0 Å². The molecule has 0 bridgehead atoms. The van der Waals surface area contributed by atoms with Gasteiger partial charge < -0.3 is 10.2 Å². The second kappa shape index (κ2) is 4.13. The van der Waals surface area contributed by atoms with E-state index in [1.54, 1.807) is 13.8 Å². The zero-order valence-electron chi connectivity index (χ0n) is 8.57. The molecule has 0 heterocycles. The van der Waals surface area contributed by atoms with Crippen molar-refractivity contribution >= 4 is 11.9 Å². The molecule has 0 saturated carbocycles. The van der Waals surface area contributed by atoms with Gasteiger partial charge in [0.25, 0.3) is 0 Å². The van der Waals surface area contributed by atoms with Gasteiger partial charge in [0.1, 0.15) is 0 Å². The first kappa shape index (κ1) is 11.2. The minimum absolute atomic E-state index is 0.0786. The Morgan fingerprint density at radius 3 is 1.80 bits per heavy atom. The van der Waals surface area contributed by atoms with Gasteiger partial charge in [0.15, 0.2) is 0 Å². The summed E-state index contributed by atoms with van der Waals surface area (Å²) in [6, 6.07) is 2.99. The number of aryl methyl sites for hydroxylation is 1. The average molecular weight is 208 g/mol. The fourth-order valence-electron chi connectivity index (χ4n) is 1.58. The summed E-state index contributed by atoms with van der Waals surface area (Å²) in [4.78, 5) is 21.8. The molecule has 1 rings (SSSR count). The second-order valence-corrected chi connectivity index (χ2v) is 3.30. The fraction of sp³-hybridized carbons (Fsp3) is 0.273. The van der Waals surface area contributed by atoms with Crippen LogP contribution >= 0.6 is 0 Å². The first-order chi connectivity index (χ1) is 6.97. The molecule has 0 amide bonds. The zero-order valence-corrected chi connectivity index (χ0v) is 8.57. The molecular weight excluding hydrogens is 196 g/mol. The first-order valence-electron chi connectivity index (χ1n) is 4.57. The topological polar surface area (TPSA) is 74.6 Å². The van der Waals surface area contributed by atoms with E-state index < -0.39 is 11.9 Å². The maximum atomic E-state index is 10.9. The van der Waals surface area contributed by atoms with Crippen molar-refractivity contribution in [3.8, 4) is 0 Å². The number of carbonyl (C=O) groups is 2. The van der Waals surface area contributed by atoms with Crippen LogP contribution in [0.15, 0.2) is 12.1 Å². The Kier molecular flexibility index (Phi) is 3.09. The van der Waals surface area contributed by atoms with E-state index >= 15 is 0 Å². The molecule has 4 heteroatoms. The lowest BCUT2D eigenvalue weighted by Gasteiger charge is -2.09. The third-order valence-corrected chi connectivity index (χ3v) is 2.21. The van der Waals surface area contributed by atoms with Crippen LogP contribution in [0.3, 0.4) is 0 Å². The number of rotatable bonds is 3. The van der Waals surface area contributed by atoms with Gasteiger partial charge >= 0.3 is 11.9 Å². The highest BCUT2D eigenvalue weighted by atomic mass is 16.4. The molecule has 0 atom stereocenters. The highest BCUT2D eigenvalue weighted by Crippen LogP contribution is 2.18. The SMILES string of the molecule is CCc1c(C(=O)O)cc(C)cc1C(=O)O. The molecule has 0 aromatic heterocycles. The third kappa shape index (κ3) is 2.15. The minimum atomic E-state index is -1.09. The van der Waals surface area contributed by atoms with Gasteiger partial charge in [0.2, 0.25) is 0 Å². The number of hydrogen-bond donors (Lipinski definition) is 2. The van der Waals surface area contributed by atoms with Crippen LogP contribution in [0.25, 0.3) is 0 Å². The van der Waals surface area contributed by atoms with Crippen molar-refractivity contribution in [3.63, 3.8) is 0 Å². The molecule has 0 aliphatic rings. The van der Waals surface area contributed by atoms with Gasteiger partial charge in [-0.25, -0.2) is 9.59 Å². The molecule has 0 radical (unpaired) electrons. The third-order valence-electron chi connectivity index (χ3n) is 2.21. The summed E-state index contributed by atoms with van der Waals surface area (Å²) < 4.78 is 0. The van der Waals surface area contributed by atoms with E-state index in [0.29, 0.717) is 17.5 Å². The predicted molar refractivity (Wildman–Crippen MR) is 54.5 cm³/mol. The highest BCUT2D eigenvalue weighted by molar-refractivity contribution is 5.97. The summed E-state index contributed by atoms with van der Waals surface area (Å²) in [5.74, 6) is -2.17. The maximum Gasteiger partial charge on any atom is 0.335 e. The van der Waals surface area contributed by atoms with Gasteiger partial charge in [-0.05, 0) is 36.6 Å². The Hall–Kier alpha value is -1.84. The summed E-state index contributed by atoms with van der Waals surface area (Å²) in [5.41, 5.74) is 1.17. The van der Waals surface area contributed by atoms with Gasteiger partial charge in [-0.3, -0.25) is 0 Å². The van der Waals surface area contributed by atoms with Gasteiger partial charge in [0.05, 0.1) is 11.1 Å². The van der Waals surface area contributed by atoms with Crippen molar-refractivity contribution in [1.82, 2.24) is 0 Å². The highest BCUT2D eigenvalue weighted by Gasteiger charge is 2.17. The van der Waals surface area contributed by atoms with E-state index in [0.717, 1.165) is 0 Å². The van der Waals surface area contributed by atoms with E-state index in [-0.39, 0.29) is 11.1 Å². The molecule has 0 aliphatic carbocycles. The van der Waals surface area contributed by atoms with Crippen LogP contribution in [0.1, 0.15) is 38.8 Å². The van der Waals surface area contributed by atoms with Crippen LogP contribution in [0, 0.1) is 6.92 Å². The minimum Gasteiger partial charge on any atom is -0.478 e. The van der Waals surface area contributed by atoms with E-state index in [1.807, 2.05) is 0 Å². The number of benzene rings is 1. The van der Waals surface area contributed by atoms with Crippen molar-refractivity contribution in [1.29, 1.82) is 0 Å². The average Bonchev–Trinajstić information content (AvgIpc) is 2.16. The molecule has 15 heavy (non-hydrogen) atoms. The number of aromatic carboxylic acids is 2. The lowest BCUT2D eigenvalue weighted by atomic mass is 9.96. The van der Waals surface area contributed by atoms with E-state index in [2.05, 4.69) is 0 Å². The van der Waals surface area contributed by atoms with Crippen LogP contribution in [0.5, 0.6) is 0 Å². The van der Waals surface area contributed by atoms with Crippen LogP contribution in [0.2, 0.25) is 0 Å². The molecule has 0 fully saturated rings. The largest absolute Gasteiger partial charge is 0.478 e. The summed E-state index contributed by atoms with van der Waals surface area (Å²) in [5, 5.41) is 17.9. The summed E-state index contributed by atoms with van der Waals surface area (Å²) in [6.45, 7) is 3.42. The summed E-state index contributed by atoms with van der Waals surface area (Å²) >= 11 is 0. The van der Waals surface area contributed by atoms with Crippen molar-refractivity contribution in [3.05, 3.63) is 34.4 Å². The smallest absolute Gasteiger partial charge is 0.335 e.